The van der Waals surface area contributed by atoms with Crippen LogP contribution in [0.4, 0.5) is 0 Å². The maximum Gasteiger partial charge on any atom is 0.0932 e. The lowest BCUT2D eigenvalue weighted by molar-refractivity contribution is 0.284. The van der Waals surface area contributed by atoms with Gasteiger partial charge in [0.2, 0.25) is 0 Å². The van der Waals surface area contributed by atoms with Crippen molar-refractivity contribution in [3.8, 4) is 0 Å². The molecular weight excluding hydrogens is 206 g/mol. The van der Waals surface area contributed by atoms with Crippen LogP contribution < -0.4 is 0 Å². The van der Waals surface area contributed by atoms with Gasteiger partial charge in [0.25, 0.3) is 0 Å². The van der Waals surface area contributed by atoms with E-state index in [1.165, 1.54) is 19.3 Å². The molecular formula is C7H10BrN3. The van der Waals surface area contributed by atoms with Gasteiger partial charge in [-0.25, -0.2) is 4.68 Å². The van der Waals surface area contributed by atoms with Crippen LogP contribution in [0.25, 0.3) is 0 Å². The van der Waals surface area contributed by atoms with E-state index in [2.05, 4.69) is 26.2 Å². The van der Waals surface area contributed by atoms with Crippen molar-refractivity contribution in [3.05, 3.63) is 11.9 Å². The monoisotopic (exact) mass is 215 g/mol. The van der Waals surface area contributed by atoms with Gasteiger partial charge in [0.15, 0.2) is 0 Å². The van der Waals surface area contributed by atoms with Crippen LogP contribution in [0.2, 0.25) is 0 Å². The summed E-state index contributed by atoms with van der Waals surface area (Å²) in [5.41, 5.74) is 1.02. The largest absolute Gasteiger partial charge is 0.249 e. The molecule has 1 saturated carbocycles. The summed E-state index contributed by atoms with van der Waals surface area (Å²) < 4.78 is 1.99. The molecule has 0 aromatic carbocycles. The molecule has 1 heterocycles. The molecule has 0 aliphatic heterocycles. The average molecular weight is 216 g/mol. The smallest absolute Gasteiger partial charge is 0.0932 e. The molecule has 3 nitrogen and oxygen atoms in total. The third kappa shape index (κ3) is 1.31. The Hall–Kier alpha value is -0.380. The van der Waals surface area contributed by atoms with Gasteiger partial charge in [-0.1, -0.05) is 21.1 Å². The second-order valence-corrected chi connectivity index (χ2v) is 3.47. The third-order valence-electron chi connectivity index (χ3n) is 2.14. The Kier molecular flexibility index (Phi) is 1.94. The highest BCUT2D eigenvalue weighted by Gasteiger charge is 2.20. The summed E-state index contributed by atoms with van der Waals surface area (Å²) in [4.78, 5) is 0. The Labute approximate surface area is 73.9 Å². The van der Waals surface area contributed by atoms with Gasteiger partial charge in [0.05, 0.1) is 11.7 Å². The maximum atomic E-state index is 4.05. The van der Waals surface area contributed by atoms with E-state index in [1.54, 1.807) is 0 Å². The molecule has 0 amide bonds. The van der Waals surface area contributed by atoms with E-state index in [1.807, 2.05) is 10.9 Å². The standard InChI is InChI=1S/C7H10BrN3/c8-4-6-5-11(10-9-6)7-2-1-3-7/h5,7H,1-4H2. The highest BCUT2D eigenvalue weighted by Crippen LogP contribution is 2.30. The molecule has 0 atom stereocenters. The van der Waals surface area contributed by atoms with Gasteiger partial charge in [-0.05, 0) is 19.3 Å². The lowest BCUT2D eigenvalue weighted by atomic mass is 9.93. The summed E-state index contributed by atoms with van der Waals surface area (Å²) in [6, 6.07) is 0.635. The molecule has 1 aromatic rings. The van der Waals surface area contributed by atoms with Crippen molar-refractivity contribution in [2.45, 2.75) is 30.6 Å². The number of alkyl halides is 1. The van der Waals surface area contributed by atoms with Crippen LogP contribution in [0.1, 0.15) is 31.0 Å². The Morgan fingerprint density at radius 3 is 2.91 bits per heavy atom. The molecule has 1 aliphatic carbocycles. The second kappa shape index (κ2) is 2.93. The Morgan fingerprint density at radius 2 is 2.45 bits per heavy atom. The number of rotatable bonds is 2. The molecule has 0 radical (unpaired) electrons. The first kappa shape index (κ1) is 7.28. The van der Waals surface area contributed by atoms with Gasteiger partial charge in [0.1, 0.15) is 0 Å². The Balaban J connectivity index is 2.11. The van der Waals surface area contributed by atoms with Gasteiger partial charge in [-0.15, -0.1) is 5.10 Å². The molecule has 0 saturated heterocycles. The molecule has 60 valence electrons. The Morgan fingerprint density at radius 1 is 1.64 bits per heavy atom. The van der Waals surface area contributed by atoms with E-state index >= 15 is 0 Å². The van der Waals surface area contributed by atoms with E-state index in [4.69, 9.17) is 0 Å². The fourth-order valence-electron chi connectivity index (χ4n) is 1.20. The topological polar surface area (TPSA) is 30.7 Å². The third-order valence-corrected chi connectivity index (χ3v) is 2.72. The van der Waals surface area contributed by atoms with Gasteiger partial charge in [0, 0.05) is 11.5 Å². The van der Waals surface area contributed by atoms with Crippen molar-refractivity contribution in [1.29, 1.82) is 0 Å². The van der Waals surface area contributed by atoms with Crippen LogP contribution in [0.15, 0.2) is 6.20 Å². The fourth-order valence-corrected chi connectivity index (χ4v) is 1.46. The van der Waals surface area contributed by atoms with Crippen molar-refractivity contribution >= 4 is 15.9 Å². The highest BCUT2D eigenvalue weighted by molar-refractivity contribution is 9.08. The first-order chi connectivity index (χ1) is 5.40. The summed E-state index contributed by atoms with van der Waals surface area (Å²) in [6.07, 6.45) is 5.91. The lowest BCUT2D eigenvalue weighted by Gasteiger charge is -2.24. The summed E-state index contributed by atoms with van der Waals surface area (Å²) >= 11 is 3.34. The number of hydrogen-bond donors (Lipinski definition) is 0. The summed E-state index contributed by atoms with van der Waals surface area (Å²) in [5.74, 6) is 0. The molecule has 1 fully saturated rings. The minimum atomic E-state index is 0.635. The van der Waals surface area contributed by atoms with Crippen LogP contribution in [0, 0.1) is 0 Å². The molecule has 2 rings (SSSR count). The number of nitrogens with zero attached hydrogens (tertiary/aromatic N) is 3. The number of halogens is 1. The lowest BCUT2D eigenvalue weighted by Crippen LogP contribution is -2.17. The van der Waals surface area contributed by atoms with Crippen molar-refractivity contribution in [1.82, 2.24) is 15.0 Å². The predicted octanol–water partition coefficient (Wildman–Crippen LogP) is 1.90. The van der Waals surface area contributed by atoms with Gasteiger partial charge in [-0.2, -0.15) is 0 Å². The normalized spacial score (nSPS) is 18.3. The van der Waals surface area contributed by atoms with E-state index in [-0.39, 0.29) is 0 Å². The predicted molar refractivity (Wildman–Crippen MR) is 45.5 cm³/mol. The highest BCUT2D eigenvalue weighted by atomic mass is 79.9. The number of aromatic nitrogens is 3. The molecule has 1 aliphatic rings. The first-order valence-electron chi connectivity index (χ1n) is 3.87. The van der Waals surface area contributed by atoms with E-state index in [0.29, 0.717) is 6.04 Å². The second-order valence-electron chi connectivity index (χ2n) is 2.91. The summed E-state index contributed by atoms with van der Waals surface area (Å²) in [6.45, 7) is 0. The van der Waals surface area contributed by atoms with Crippen LogP contribution in [-0.4, -0.2) is 15.0 Å². The van der Waals surface area contributed by atoms with E-state index < -0.39 is 0 Å². The average Bonchev–Trinajstić information content (AvgIpc) is 2.32. The minimum Gasteiger partial charge on any atom is -0.249 e. The van der Waals surface area contributed by atoms with Crippen LogP contribution >= 0.6 is 15.9 Å². The van der Waals surface area contributed by atoms with E-state index in [9.17, 15) is 0 Å². The molecule has 0 bridgehead atoms. The van der Waals surface area contributed by atoms with Gasteiger partial charge in [-0.3, -0.25) is 0 Å². The van der Waals surface area contributed by atoms with Gasteiger partial charge < -0.3 is 0 Å². The Bertz CT molecular complexity index is 242. The van der Waals surface area contributed by atoms with Crippen LogP contribution in [-0.2, 0) is 5.33 Å². The van der Waals surface area contributed by atoms with Crippen molar-refractivity contribution in [3.63, 3.8) is 0 Å². The first-order valence-corrected chi connectivity index (χ1v) is 4.99. The molecule has 0 unspecified atom stereocenters. The molecule has 11 heavy (non-hydrogen) atoms. The zero-order valence-electron chi connectivity index (χ0n) is 6.20. The van der Waals surface area contributed by atoms with Gasteiger partial charge >= 0.3 is 0 Å². The zero-order valence-corrected chi connectivity index (χ0v) is 7.79. The van der Waals surface area contributed by atoms with Crippen LogP contribution in [0.5, 0.6) is 0 Å². The minimum absolute atomic E-state index is 0.635. The zero-order chi connectivity index (χ0) is 7.68. The molecule has 1 aromatic heterocycles. The van der Waals surface area contributed by atoms with E-state index in [0.717, 1.165) is 11.0 Å². The van der Waals surface area contributed by atoms with Crippen molar-refractivity contribution in [2.24, 2.45) is 0 Å². The molecule has 0 spiro atoms. The maximum absolute atomic E-state index is 4.05. The number of hydrogen-bond acceptors (Lipinski definition) is 2. The summed E-state index contributed by atoms with van der Waals surface area (Å²) in [5, 5.41) is 8.85. The molecule has 4 heteroatoms. The SMILES string of the molecule is BrCc1cn(C2CCC2)nn1. The van der Waals surface area contributed by atoms with Crippen molar-refractivity contribution < 1.29 is 0 Å². The van der Waals surface area contributed by atoms with Crippen molar-refractivity contribution in [2.75, 3.05) is 0 Å². The quantitative estimate of drug-likeness (QED) is 0.707. The molecule has 0 N–H and O–H groups in total. The fraction of sp³-hybridized carbons (Fsp3) is 0.714. The van der Waals surface area contributed by atoms with Crippen LogP contribution in [0.3, 0.4) is 0 Å². The summed E-state index contributed by atoms with van der Waals surface area (Å²) in [7, 11) is 0.